The van der Waals surface area contributed by atoms with Crippen LogP contribution in [0.2, 0.25) is 0 Å². The molecule has 0 atom stereocenters. The van der Waals surface area contributed by atoms with Crippen molar-refractivity contribution in [3.8, 4) is 11.4 Å². The Kier molecular flexibility index (Phi) is 5.33. The van der Waals surface area contributed by atoms with Crippen LogP contribution in [0.25, 0.3) is 11.4 Å². The normalized spacial score (nSPS) is 16.0. The number of rotatable bonds is 6. The molecule has 6 heteroatoms. The minimum absolute atomic E-state index is 0.488. The van der Waals surface area contributed by atoms with Gasteiger partial charge in [-0.1, -0.05) is 41.6 Å². The third-order valence-electron chi connectivity index (χ3n) is 4.74. The molecule has 1 aliphatic heterocycles. The third-order valence-corrected chi connectivity index (χ3v) is 4.74. The lowest BCUT2D eigenvalue weighted by Gasteiger charge is -2.31. The summed E-state index contributed by atoms with van der Waals surface area (Å²) in [5.41, 5.74) is 2.11. The van der Waals surface area contributed by atoms with Crippen LogP contribution in [0.4, 0.5) is 0 Å². The molecule has 134 valence electrons. The van der Waals surface area contributed by atoms with Crippen molar-refractivity contribution in [1.29, 1.82) is 0 Å². The summed E-state index contributed by atoms with van der Waals surface area (Å²) in [6.07, 6.45) is 4.09. The van der Waals surface area contributed by atoms with E-state index in [1.807, 2.05) is 48.7 Å². The van der Waals surface area contributed by atoms with Crippen LogP contribution in [0.1, 0.15) is 24.4 Å². The number of nitrogens with zero attached hydrogens (tertiary/aromatic N) is 4. The Morgan fingerprint density at radius 2 is 1.85 bits per heavy atom. The lowest BCUT2D eigenvalue weighted by molar-refractivity contribution is 0.186. The number of nitrogens with one attached hydrogen (secondary N) is 1. The lowest BCUT2D eigenvalue weighted by Crippen LogP contribution is -2.42. The van der Waals surface area contributed by atoms with E-state index < -0.39 is 0 Å². The summed E-state index contributed by atoms with van der Waals surface area (Å²) < 4.78 is 5.37. The molecule has 1 saturated heterocycles. The van der Waals surface area contributed by atoms with Gasteiger partial charge in [0, 0.05) is 37.4 Å². The molecule has 4 rings (SSSR count). The van der Waals surface area contributed by atoms with E-state index in [4.69, 9.17) is 4.52 Å². The van der Waals surface area contributed by atoms with E-state index in [0.29, 0.717) is 24.3 Å². The lowest BCUT2D eigenvalue weighted by atomic mass is 10.0. The molecule has 0 saturated carbocycles. The van der Waals surface area contributed by atoms with Crippen molar-refractivity contribution in [3.63, 3.8) is 0 Å². The number of piperidine rings is 1. The highest BCUT2D eigenvalue weighted by Crippen LogP contribution is 2.16. The highest BCUT2D eigenvalue weighted by Gasteiger charge is 2.20. The molecule has 1 N–H and O–H groups in total. The summed E-state index contributed by atoms with van der Waals surface area (Å²) >= 11 is 0. The molecule has 1 aromatic carbocycles. The van der Waals surface area contributed by atoms with Crippen LogP contribution < -0.4 is 5.32 Å². The molecular weight excluding hydrogens is 326 g/mol. The topological polar surface area (TPSA) is 67.1 Å². The predicted molar refractivity (Wildman–Crippen MR) is 99.1 cm³/mol. The number of hydrogen-bond donors (Lipinski definition) is 1. The number of pyridine rings is 1. The Hall–Kier alpha value is -2.57. The fourth-order valence-electron chi connectivity index (χ4n) is 3.28. The van der Waals surface area contributed by atoms with E-state index in [1.165, 1.54) is 0 Å². The molecule has 6 nitrogen and oxygen atoms in total. The van der Waals surface area contributed by atoms with Crippen molar-refractivity contribution in [2.24, 2.45) is 0 Å². The van der Waals surface area contributed by atoms with E-state index >= 15 is 0 Å². The maximum absolute atomic E-state index is 5.37. The highest BCUT2D eigenvalue weighted by molar-refractivity contribution is 5.53. The number of aromatic nitrogens is 3. The van der Waals surface area contributed by atoms with Crippen LogP contribution >= 0.6 is 0 Å². The molecule has 0 radical (unpaired) electrons. The second kappa shape index (κ2) is 8.21. The first kappa shape index (κ1) is 16.9. The van der Waals surface area contributed by atoms with Gasteiger partial charge in [0.05, 0.1) is 12.2 Å². The van der Waals surface area contributed by atoms with Crippen LogP contribution in [-0.4, -0.2) is 39.2 Å². The first-order valence-corrected chi connectivity index (χ1v) is 9.10. The van der Waals surface area contributed by atoms with Crippen molar-refractivity contribution in [2.45, 2.75) is 32.0 Å². The minimum atomic E-state index is 0.488. The molecule has 1 aliphatic rings. The Bertz CT molecular complexity index is 797. The molecule has 0 aliphatic carbocycles. The summed E-state index contributed by atoms with van der Waals surface area (Å²) in [7, 11) is 0. The smallest absolute Gasteiger partial charge is 0.240 e. The number of likely N-dealkylation sites (tertiary alicyclic amines) is 1. The first-order chi connectivity index (χ1) is 12.9. The van der Waals surface area contributed by atoms with Gasteiger partial charge in [-0.15, -0.1) is 0 Å². The zero-order chi connectivity index (χ0) is 17.6. The van der Waals surface area contributed by atoms with Gasteiger partial charge in [-0.2, -0.15) is 4.98 Å². The van der Waals surface area contributed by atoms with Gasteiger partial charge in [-0.05, 0) is 25.0 Å². The quantitative estimate of drug-likeness (QED) is 0.738. The summed E-state index contributed by atoms with van der Waals surface area (Å²) in [4.78, 5) is 11.3. The molecule has 3 aromatic rings. The zero-order valence-corrected chi connectivity index (χ0v) is 14.7. The minimum Gasteiger partial charge on any atom is -0.338 e. The van der Waals surface area contributed by atoms with Crippen LogP contribution in [0.15, 0.2) is 59.3 Å². The maximum Gasteiger partial charge on any atom is 0.240 e. The van der Waals surface area contributed by atoms with Gasteiger partial charge >= 0.3 is 0 Å². The first-order valence-electron chi connectivity index (χ1n) is 9.10. The fourth-order valence-corrected chi connectivity index (χ4v) is 3.28. The Morgan fingerprint density at radius 3 is 2.62 bits per heavy atom. The van der Waals surface area contributed by atoms with E-state index in [2.05, 4.69) is 31.4 Å². The summed E-state index contributed by atoms with van der Waals surface area (Å²) in [6.45, 7) is 3.70. The Labute approximate surface area is 153 Å². The van der Waals surface area contributed by atoms with Crippen LogP contribution in [0.5, 0.6) is 0 Å². The van der Waals surface area contributed by atoms with Gasteiger partial charge in [0.1, 0.15) is 0 Å². The van der Waals surface area contributed by atoms with Crippen molar-refractivity contribution in [2.75, 3.05) is 13.1 Å². The monoisotopic (exact) mass is 349 g/mol. The predicted octanol–water partition coefficient (Wildman–Crippen LogP) is 2.89. The molecular formula is C20H23N5O. The highest BCUT2D eigenvalue weighted by atomic mass is 16.5. The molecule has 0 unspecified atom stereocenters. The van der Waals surface area contributed by atoms with E-state index in [0.717, 1.165) is 43.7 Å². The van der Waals surface area contributed by atoms with Crippen LogP contribution in [0.3, 0.4) is 0 Å². The zero-order valence-electron chi connectivity index (χ0n) is 14.7. The molecule has 0 spiro atoms. The van der Waals surface area contributed by atoms with Crippen molar-refractivity contribution < 1.29 is 4.52 Å². The average molecular weight is 349 g/mol. The van der Waals surface area contributed by atoms with Gasteiger partial charge in [0.15, 0.2) is 0 Å². The SMILES string of the molecule is c1ccc(-c2noc(CNC3CCN(Cc4ccccn4)CC3)n2)cc1. The largest absolute Gasteiger partial charge is 0.338 e. The van der Waals surface area contributed by atoms with Crippen molar-refractivity contribution in [3.05, 3.63) is 66.3 Å². The summed E-state index contributed by atoms with van der Waals surface area (Å²) in [5.74, 6) is 1.28. The molecule has 0 amide bonds. The molecule has 0 bridgehead atoms. The second-order valence-electron chi connectivity index (χ2n) is 6.63. The molecule has 26 heavy (non-hydrogen) atoms. The van der Waals surface area contributed by atoms with E-state index in [-0.39, 0.29) is 0 Å². The van der Waals surface area contributed by atoms with E-state index in [9.17, 15) is 0 Å². The van der Waals surface area contributed by atoms with Crippen LogP contribution in [-0.2, 0) is 13.1 Å². The van der Waals surface area contributed by atoms with Gasteiger partial charge in [-0.25, -0.2) is 0 Å². The fraction of sp³-hybridized carbons (Fsp3) is 0.350. The molecule has 3 heterocycles. The van der Waals surface area contributed by atoms with Gasteiger partial charge in [-0.3, -0.25) is 9.88 Å². The number of hydrogen-bond acceptors (Lipinski definition) is 6. The average Bonchev–Trinajstić information content (AvgIpc) is 3.18. The van der Waals surface area contributed by atoms with E-state index in [1.54, 1.807) is 0 Å². The standard InChI is InChI=1S/C20H23N5O/c1-2-6-16(7-3-1)20-23-19(26-24-20)14-22-17-9-12-25(13-10-17)15-18-8-4-5-11-21-18/h1-8,11,17,22H,9-10,12-15H2. The molecule has 1 fully saturated rings. The third kappa shape index (κ3) is 4.33. The Balaban J connectivity index is 1.23. The Morgan fingerprint density at radius 1 is 1.04 bits per heavy atom. The van der Waals surface area contributed by atoms with Crippen LogP contribution in [0, 0.1) is 0 Å². The molecule has 2 aromatic heterocycles. The summed E-state index contributed by atoms with van der Waals surface area (Å²) in [6, 6.07) is 16.5. The van der Waals surface area contributed by atoms with Gasteiger partial charge in [0.25, 0.3) is 0 Å². The van der Waals surface area contributed by atoms with Gasteiger partial charge < -0.3 is 9.84 Å². The van der Waals surface area contributed by atoms with Gasteiger partial charge in [0.2, 0.25) is 11.7 Å². The van der Waals surface area contributed by atoms with Crippen molar-refractivity contribution >= 4 is 0 Å². The second-order valence-corrected chi connectivity index (χ2v) is 6.63. The maximum atomic E-state index is 5.37. The number of benzene rings is 1. The summed E-state index contributed by atoms with van der Waals surface area (Å²) in [5, 5.41) is 7.62. The van der Waals surface area contributed by atoms with Crippen molar-refractivity contribution in [1.82, 2.24) is 25.3 Å².